The first-order valence-electron chi connectivity index (χ1n) is 3.54. The Kier molecular flexibility index (Phi) is 5.86. The van der Waals surface area contributed by atoms with E-state index in [9.17, 15) is 0 Å². The highest BCUT2D eigenvalue weighted by atomic mass is 35.5. The van der Waals surface area contributed by atoms with Gasteiger partial charge in [0.25, 0.3) is 0 Å². The van der Waals surface area contributed by atoms with Crippen LogP contribution >= 0.6 is 11.6 Å². The van der Waals surface area contributed by atoms with Crippen LogP contribution in [0, 0.1) is 0 Å². The average Bonchev–Trinajstić information content (AvgIpc) is 1.85. The monoisotopic (exact) mass is 182 g/mol. The zero-order valence-corrected chi connectivity index (χ0v) is 8.09. The van der Waals surface area contributed by atoms with Crippen molar-refractivity contribution in [3.05, 3.63) is 0 Å². The Morgan fingerprint density at radius 2 is 1.55 bits per heavy atom. The average molecular weight is 183 g/mol. The van der Waals surface area contributed by atoms with E-state index in [1.54, 1.807) is 27.9 Å². The van der Waals surface area contributed by atoms with Crippen molar-refractivity contribution in [2.75, 3.05) is 7.11 Å². The molecule has 0 rings (SSSR count). The van der Waals surface area contributed by atoms with Crippen LogP contribution in [0.25, 0.3) is 0 Å². The van der Waals surface area contributed by atoms with Crippen molar-refractivity contribution < 1.29 is 14.2 Å². The van der Waals surface area contributed by atoms with Crippen LogP contribution in [0.15, 0.2) is 0 Å². The maximum atomic E-state index is 5.56. The summed E-state index contributed by atoms with van der Waals surface area (Å²) in [5, 5.41) is 0. The van der Waals surface area contributed by atoms with Gasteiger partial charge in [-0.15, -0.1) is 0 Å². The standard InChI is InChI=1S/C7H15ClO3/c1-5(8)10-7(3)11-6(2)9-4/h5-7H,1-4H3. The molecule has 68 valence electrons. The van der Waals surface area contributed by atoms with Crippen LogP contribution in [-0.4, -0.2) is 25.3 Å². The summed E-state index contributed by atoms with van der Waals surface area (Å²) in [5.74, 6) is 0. The van der Waals surface area contributed by atoms with Crippen molar-refractivity contribution in [1.29, 1.82) is 0 Å². The second kappa shape index (κ2) is 5.77. The van der Waals surface area contributed by atoms with Crippen molar-refractivity contribution in [3.8, 4) is 0 Å². The van der Waals surface area contributed by atoms with Crippen LogP contribution in [0.1, 0.15) is 20.8 Å². The fourth-order valence-corrected chi connectivity index (χ4v) is 0.766. The van der Waals surface area contributed by atoms with E-state index in [4.69, 9.17) is 25.8 Å². The lowest BCUT2D eigenvalue weighted by Crippen LogP contribution is -2.23. The highest BCUT2D eigenvalue weighted by molar-refractivity contribution is 6.19. The SMILES string of the molecule is COC(C)OC(C)OC(C)Cl. The molecule has 0 aromatic carbocycles. The second-order valence-corrected chi connectivity index (χ2v) is 2.80. The molecule has 0 fully saturated rings. The lowest BCUT2D eigenvalue weighted by molar-refractivity contribution is -0.226. The van der Waals surface area contributed by atoms with Crippen LogP contribution in [0.2, 0.25) is 0 Å². The van der Waals surface area contributed by atoms with E-state index in [1.807, 2.05) is 0 Å². The van der Waals surface area contributed by atoms with Gasteiger partial charge in [-0.1, -0.05) is 11.6 Å². The largest absolute Gasteiger partial charge is 0.356 e. The predicted octanol–water partition coefficient (Wildman–Crippen LogP) is 1.94. The third kappa shape index (κ3) is 6.56. The van der Waals surface area contributed by atoms with Crippen LogP contribution < -0.4 is 0 Å². The molecule has 4 heteroatoms. The van der Waals surface area contributed by atoms with Gasteiger partial charge in [0.15, 0.2) is 12.6 Å². The minimum absolute atomic E-state index is 0.264. The molecule has 0 aliphatic heterocycles. The fraction of sp³-hybridized carbons (Fsp3) is 1.00. The van der Waals surface area contributed by atoms with Gasteiger partial charge in [-0.3, -0.25) is 0 Å². The molecule has 3 unspecified atom stereocenters. The van der Waals surface area contributed by atoms with Gasteiger partial charge in [0.05, 0.1) is 0 Å². The number of rotatable bonds is 5. The predicted molar refractivity (Wildman–Crippen MR) is 43.4 cm³/mol. The number of halogens is 1. The molecule has 0 spiro atoms. The molecule has 3 nitrogen and oxygen atoms in total. The molecule has 11 heavy (non-hydrogen) atoms. The molecule has 0 saturated carbocycles. The smallest absolute Gasteiger partial charge is 0.159 e. The molecule has 0 N–H and O–H groups in total. The zero-order valence-electron chi connectivity index (χ0n) is 7.33. The lowest BCUT2D eigenvalue weighted by Gasteiger charge is -2.19. The molecule has 0 amide bonds. The Bertz CT molecular complexity index is 97.7. The fourth-order valence-electron chi connectivity index (χ4n) is 0.622. The minimum atomic E-state index is -0.339. The molecule has 0 aromatic rings. The van der Waals surface area contributed by atoms with Crippen molar-refractivity contribution in [2.24, 2.45) is 0 Å². The Hall–Kier alpha value is 0.170. The quantitative estimate of drug-likeness (QED) is 0.481. The van der Waals surface area contributed by atoms with E-state index in [1.165, 1.54) is 0 Å². The summed E-state index contributed by atoms with van der Waals surface area (Å²) in [7, 11) is 1.57. The minimum Gasteiger partial charge on any atom is -0.356 e. The van der Waals surface area contributed by atoms with Gasteiger partial charge in [-0.05, 0) is 20.8 Å². The van der Waals surface area contributed by atoms with Crippen molar-refractivity contribution in [3.63, 3.8) is 0 Å². The number of hydrogen-bond acceptors (Lipinski definition) is 3. The van der Waals surface area contributed by atoms with E-state index in [2.05, 4.69) is 0 Å². The lowest BCUT2D eigenvalue weighted by atomic mass is 10.7. The van der Waals surface area contributed by atoms with Crippen LogP contribution in [-0.2, 0) is 14.2 Å². The van der Waals surface area contributed by atoms with Gasteiger partial charge < -0.3 is 14.2 Å². The van der Waals surface area contributed by atoms with Gasteiger partial charge in [0.1, 0.15) is 5.56 Å². The Labute approximate surface area is 72.6 Å². The maximum absolute atomic E-state index is 5.56. The Morgan fingerprint density at radius 1 is 1.00 bits per heavy atom. The summed E-state index contributed by atoms with van der Waals surface area (Å²) in [6, 6.07) is 0. The van der Waals surface area contributed by atoms with Crippen molar-refractivity contribution in [2.45, 2.75) is 38.9 Å². The van der Waals surface area contributed by atoms with Crippen molar-refractivity contribution >= 4 is 11.6 Å². The molecule has 0 bridgehead atoms. The Morgan fingerprint density at radius 3 is 1.91 bits per heavy atom. The number of methoxy groups -OCH3 is 1. The molecule has 3 atom stereocenters. The highest BCUT2D eigenvalue weighted by Crippen LogP contribution is 2.05. The maximum Gasteiger partial charge on any atom is 0.159 e. The third-order valence-corrected chi connectivity index (χ3v) is 1.20. The summed E-state index contributed by atoms with van der Waals surface area (Å²) >= 11 is 5.56. The number of alkyl halides is 1. The van der Waals surface area contributed by atoms with E-state index >= 15 is 0 Å². The van der Waals surface area contributed by atoms with Crippen LogP contribution in [0.4, 0.5) is 0 Å². The van der Waals surface area contributed by atoms with Gasteiger partial charge >= 0.3 is 0 Å². The number of hydrogen-bond donors (Lipinski definition) is 0. The summed E-state index contributed by atoms with van der Waals surface area (Å²) in [4.78, 5) is 0. The topological polar surface area (TPSA) is 27.7 Å². The van der Waals surface area contributed by atoms with E-state index < -0.39 is 0 Å². The molecule has 0 aliphatic rings. The molecule has 0 aliphatic carbocycles. The summed E-state index contributed by atoms with van der Waals surface area (Å²) in [6.07, 6.45) is -0.599. The van der Waals surface area contributed by atoms with Gasteiger partial charge in [-0.25, -0.2) is 0 Å². The van der Waals surface area contributed by atoms with Gasteiger partial charge in [0, 0.05) is 7.11 Å². The molecule has 0 heterocycles. The van der Waals surface area contributed by atoms with E-state index in [-0.39, 0.29) is 18.1 Å². The van der Waals surface area contributed by atoms with Crippen molar-refractivity contribution in [1.82, 2.24) is 0 Å². The van der Waals surface area contributed by atoms with Gasteiger partial charge in [-0.2, -0.15) is 0 Å². The molecular weight excluding hydrogens is 168 g/mol. The second-order valence-electron chi connectivity index (χ2n) is 2.19. The normalized spacial score (nSPS) is 19.4. The summed E-state index contributed by atoms with van der Waals surface area (Å²) in [6.45, 7) is 5.30. The molecular formula is C7H15ClO3. The summed E-state index contributed by atoms with van der Waals surface area (Å²) < 4.78 is 15.1. The van der Waals surface area contributed by atoms with Gasteiger partial charge in [0.2, 0.25) is 0 Å². The molecule has 0 aromatic heterocycles. The van der Waals surface area contributed by atoms with Crippen LogP contribution in [0.3, 0.4) is 0 Å². The first kappa shape index (κ1) is 11.2. The first-order chi connectivity index (χ1) is 5.06. The summed E-state index contributed by atoms with van der Waals surface area (Å²) in [5.41, 5.74) is -0.339. The van der Waals surface area contributed by atoms with Crippen LogP contribution in [0.5, 0.6) is 0 Å². The van der Waals surface area contributed by atoms with E-state index in [0.29, 0.717) is 0 Å². The highest BCUT2D eigenvalue weighted by Gasteiger charge is 2.09. The first-order valence-corrected chi connectivity index (χ1v) is 3.97. The molecule has 0 radical (unpaired) electrons. The molecule has 0 saturated heterocycles. The Balaban J connectivity index is 3.43. The third-order valence-electron chi connectivity index (χ3n) is 1.09. The zero-order chi connectivity index (χ0) is 8.85. The van der Waals surface area contributed by atoms with E-state index in [0.717, 1.165) is 0 Å². The number of ether oxygens (including phenoxy) is 3.